The molecule has 0 fully saturated rings. The fourth-order valence-electron chi connectivity index (χ4n) is 3.05. The summed E-state index contributed by atoms with van der Waals surface area (Å²) in [6.07, 6.45) is 2.20. The molecular formula is C21H18N4O2. The van der Waals surface area contributed by atoms with Gasteiger partial charge in [0.2, 0.25) is 5.95 Å². The summed E-state index contributed by atoms with van der Waals surface area (Å²) >= 11 is 0. The second-order valence-corrected chi connectivity index (χ2v) is 6.23. The van der Waals surface area contributed by atoms with Crippen LogP contribution in [0.3, 0.4) is 0 Å². The van der Waals surface area contributed by atoms with Crippen molar-refractivity contribution < 1.29 is 9.90 Å². The SMILES string of the molecule is Cc1ccnc(NC(=O)C2=CN(c3ccccc3)c3ccccc3C2O)n1. The van der Waals surface area contributed by atoms with E-state index in [-0.39, 0.29) is 11.5 Å². The molecule has 0 bridgehead atoms. The van der Waals surface area contributed by atoms with Gasteiger partial charge in [-0.1, -0.05) is 36.4 Å². The van der Waals surface area contributed by atoms with Crippen molar-refractivity contribution in [2.45, 2.75) is 13.0 Å². The van der Waals surface area contributed by atoms with Crippen LogP contribution in [0.4, 0.5) is 17.3 Å². The van der Waals surface area contributed by atoms with Crippen LogP contribution in [0, 0.1) is 6.92 Å². The van der Waals surface area contributed by atoms with Crippen LogP contribution >= 0.6 is 0 Å². The van der Waals surface area contributed by atoms with E-state index in [1.165, 1.54) is 0 Å². The third kappa shape index (κ3) is 3.30. The molecule has 2 heterocycles. The van der Waals surface area contributed by atoms with Crippen molar-refractivity contribution in [1.82, 2.24) is 9.97 Å². The minimum atomic E-state index is -1.04. The number of aliphatic hydroxyl groups is 1. The number of amides is 1. The Hall–Kier alpha value is -3.51. The number of para-hydroxylation sites is 2. The van der Waals surface area contributed by atoms with Crippen molar-refractivity contribution in [3.8, 4) is 0 Å². The van der Waals surface area contributed by atoms with Crippen molar-refractivity contribution in [3.05, 3.63) is 89.9 Å². The molecule has 6 nitrogen and oxygen atoms in total. The summed E-state index contributed by atoms with van der Waals surface area (Å²) < 4.78 is 0. The molecule has 0 saturated carbocycles. The average Bonchev–Trinajstić information content (AvgIpc) is 2.69. The smallest absolute Gasteiger partial charge is 0.258 e. The number of rotatable bonds is 3. The highest BCUT2D eigenvalue weighted by Gasteiger charge is 2.30. The van der Waals surface area contributed by atoms with Gasteiger partial charge in [0.05, 0.1) is 11.3 Å². The van der Waals surface area contributed by atoms with E-state index in [2.05, 4.69) is 15.3 Å². The van der Waals surface area contributed by atoms with Crippen LogP contribution < -0.4 is 10.2 Å². The number of hydrogen-bond acceptors (Lipinski definition) is 5. The van der Waals surface area contributed by atoms with Gasteiger partial charge in [0.15, 0.2) is 0 Å². The molecule has 1 atom stereocenters. The van der Waals surface area contributed by atoms with Gasteiger partial charge in [0, 0.05) is 29.3 Å². The third-order valence-electron chi connectivity index (χ3n) is 4.37. The molecule has 0 saturated heterocycles. The molecule has 0 aliphatic carbocycles. The molecule has 134 valence electrons. The fourth-order valence-corrected chi connectivity index (χ4v) is 3.05. The largest absolute Gasteiger partial charge is 0.383 e. The topological polar surface area (TPSA) is 78.4 Å². The lowest BCUT2D eigenvalue weighted by Gasteiger charge is -2.31. The number of anilines is 3. The molecule has 1 aliphatic rings. The van der Waals surface area contributed by atoms with E-state index in [0.29, 0.717) is 5.56 Å². The van der Waals surface area contributed by atoms with Crippen molar-refractivity contribution in [2.24, 2.45) is 0 Å². The Bertz CT molecular complexity index is 1020. The Morgan fingerprint density at radius 2 is 1.81 bits per heavy atom. The fraction of sp³-hybridized carbons (Fsp3) is 0.0952. The number of hydrogen-bond donors (Lipinski definition) is 2. The zero-order valence-electron chi connectivity index (χ0n) is 14.7. The maximum absolute atomic E-state index is 12.8. The van der Waals surface area contributed by atoms with E-state index in [9.17, 15) is 9.90 Å². The Morgan fingerprint density at radius 3 is 2.59 bits per heavy atom. The molecule has 0 radical (unpaired) electrons. The molecule has 2 N–H and O–H groups in total. The van der Waals surface area contributed by atoms with Crippen LogP contribution in [0.5, 0.6) is 0 Å². The van der Waals surface area contributed by atoms with Crippen LogP contribution in [0.2, 0.25) is 0 Å². The van der Waals surface area contributed by atoms with Gasteiger partial charge < -0.3 is 10.0 Å². The lowest BCUT2D eigenvalue weighted by atomic mass is 9.95. The number of fused-ring (bicyclic) bond motifs is 1. The Balaban J connectivity index is 1.73. The van der Waals surface area contributed by atoms with Gasteiger partial charge in [-0.2, -0.15) is 0 Å². The highest BCUT2D eigenvalue weighted by Crippen LogP contribution is 2.40. The Kier molecular flexibility index (Phi) is 4.40. The molecule has 6 heteroatoms. The van der Waals surface area contributed by atoms with E-state index >= 15 is 0 Å². The van der Waals surface area contributed by atoms with Crippen molar-refractivity contribution in [3.63, 3.8) is 0 Å². The first-order chi connectivity index (χ1) is 13.1. The highest BCUT2D eigenvalue weighted by atomic mass is 16.3. The first-order valence-corrected chi connectivity index (χ1v) is 8.57. The van der Waals surface area contributed by atoms with Crippen LogP contribution in [0.1, 0.15) is 17.4 Å². The van der Waals surface area contributed by atoms with Crippen LogP contribution in [-0.4, -0.2) is 21.0 Å². The van der Waals surface area contributed by atoms with Crippen LogP contribution in [-0.2, 0) is 4.79 Å². The quantitative estimate of drug-likeness (QED) is 0.749. The van der Waals surface area contributed by atoms with E-state index < -0.39 is 12.0 Å². The van der Waals surface area contributed by atoms with Crippen molar-refractivity contribution in [2.75, 3.05) is 10.2 Å². The lowest BCUT2D eigenvalue weighted by molar-refractivity contribution is -0.113. The number of carbonyl (C=O) groups is 1. The van der Waals surface area contributed by atoms with Gasteiger partial charge in [-0.3, -0.25) is 10.1 Å². The standard InChI is InChI=1S/C21H18N4O2/c1-14-11-12-22-21(23-14)24-20(27)17-13-25(15-7-3-2-4-8-15)18-10-6-5-9-16(18)19(17)26/h2-13,19,26H,1H3,(H,22,23,24,27). The van der Waals surface area contributed by atoms with E-state index in [1.54, 1.807) is 18.5 Å². The van der Waals surface area contributed by atoms with Crippen LogP contribution in [0.25, 0.3) is 0 Å². The third-order valence-corrected chi connectivity index (χ3v) is 4.37. The molecule has 2 aromatic carbocycles. The Morgan fingerprint density at radius 1 is 1.07 bits per heavy atom. The summed E-state index contributed by atoms with van der Waals surface area (Å²) in [4.78, 5) is 23.0. The number of nitrogens with zero attached hydrogens (tertiary/aromatic N) is 3. The predicted octanol–water partition coefficient (Wildman–Crippen LogP) is 3.49. The number of carbonyl (C=O) groups excluding carboxylic acids is 1. The first-order valence-electron chi connectivity index (χ1n) is 8.57. The summed E-state index contributed by atoms with van der Waals surface area (Å²) in [5, 5.41) is 13.5. The zero-order chi connectivity index (χ0) is 18.8. The summed E-state index contributed by atoms with van der Waals surface area (Å²) in [5.41, 5.74) is 3.37. The molecule has 0 spiro atoms. The zero-order valence-corrected chi connectivity index (χ0v) is 14.7. The first kappa shape index (κ1) is 16.9. The second kappa shape index (κ2) is 7.01. The molecule has 3 aromatic rings. The minimum absolute atomic E-state index is 0.207. The number of aliphatic hydroxyl groups excluding tert-OH is 1. The van der Waals surface area contributed by atoms with Gasteiger partial charge in [-0.05, 0) is 31.2 Å². The normalized spacial score (nSPS) is 15.7. The van der Waals surface area contributed by atoms with Crippen LogP contribution in [0.15, 0.2) is 78.6 Å². The Labute approximate surface area is 156 Å². The molecule has 1 unspecified atom stereocenters. The van der Waals surface area contributed by atoms with Gasteiger partial charge in [-0.15, -0.1) is 0 Å². The lowest BCUT2D eigenvalue weighted by Crippen LogP contribution is -2.28. The van der Waals surface area contributed by atoms with E-state index in [1.807, 2.05) is 66.4 Å². The van der Waals surface area contributed by atoms with Gasteiger partial charge in [0.25, 0.3) is 5.91 Å². The second-order valence-electron chi connectivity index (χ2n) is 6.23. The van der Waals surface area contributed by atoms with Gasteiger partial charge in [0.1, 0.15) is 6.10 Å². The van der Waals surface area contributed by atoms with E-state index in [0.717, 1.165) is 17.1 Å². The molecule has 1 aliphatic heterocycles. The highest BCUT2D eigenvalue weighted by molar-refractivity contribution is 6.05. The number of nitrogens with one attached hydrogen (secondary N) is 1. The maximum Gasteiger partial charge on any atom is 0.258 e. The molecule has 27 heavy (non-hydrogen) atoms. The van der Waals surface area contributed by atoms with Gasteiger partial charge in [-0.25, -0.2) is 9.97 Å². The predicted molar refractivity (Wildman–Crippen MR) is 103 cm³/mol. The summed E-state index contributed by atoms with van der Waals surface area (Å²) in [5.74, 6) is -0.234. The summed E-state index contributed by atoms with van der Waals surface area (Å²) in [6, 6.07) is 18.9. The molecule has 1 aromatic heterocycles. The van der Waals surface area contributed by atoms with E-state index in [4.69, 9.17) is 0 Å². The average molecular weight is 358 g/mol. The number of benzene rings is 2. The maximum atomic E-state index is 12.8. The summed E-state index contributed by atoms with van der Waals surface area (Å²) in [6.45, 7) is 1.82. The molecule has 4 rings (SSSR count). The summed E-state index contributed by atoms with van der Waals surface area (Å²) in [7, 11) is 0. The monoisotopic (exact) mass is 358 g/mol. The minimum Gasteiger partial charge on any atom is -0.383 e. The number of aryl methyl sites for hydroxylation is 1. The molecule has 1 amide bonds. The van der Waals surface area contributed by atoms with Gasteiger partial charge >= 0.3 is 0 Å². The van der Waals surface area contributed by atoms with Crippen molar-refractivity contribution >= 4 is 23.2 Å². The number of aromatic nitrogens is 2. The van der Waals surface area contributed by atoms with Crippen molar-refractivity contribution in [1.29, 1.82) is 0 Å². The molecular weight excluding hydrogens is 340 g/mol.